The first-order valence-electron chi connectivity index (χ1n) is 7.89. The summed E-state index contributed by atoms with van der Waals surface area (Å²) in [4.78, 5) is 23.9. The van der Waals surface area contributed by atoms with Gasteiger partial charge < -0.3 is 9.47 Å². The number of hydrazine groups is 1. The molecule has 2 rings (SSSR count). The van der Waals surface area contributed by atoms with Gasteiger partial charge in [-0.25, -0.2) is 4.39 Å². The Balaban J connectivity index is 1.82. The van der Waals surface area contributed by atoms with E-state index in [-0.39, 0.29) is 5.75 Å². The first-order valence-corrected chi connectivity index (χ1v) is 8.87. The van der Waals surface area contributed by atoms with Gasteiger partial charge in [0.05, 0.1) is 20.0 Å². The zero-order valence-electron chi connectivity index (χ0n) is 14.8. The van der Waals surface area contributed by atoms with E-state index in [1.54, 1.807) is 42.5 Å². The summed E-state index contributed by atoms with van der Waals surface area (Å²) in [5, 5.41) is 0. The third kappa shape index (κ3) is 6.67. The summed E-state index contributed by atoms with van der Waals surface area (Å²) >= 11 is 1.04. The number of rotatable bonds is 7. The van der Waals surface area contributed by atoms with Crippen LogP contribution in [-0.4, -0.2) is 31.8 Å². The molecule has 2 amide bonds. The van der Waals surface area contributed by atoms with E-state index in [9.17, 15) is 14.0 Å². The lowest BCUT2D eigenvalue weighted by molar-refractivity contribution is -0.125. The molecule has 0 radical (unpaired) electrons. The van der Waals surface area contributed by atoms with Gasteiger partial charge in [-0.15, -0.1) is 11.8 Å². The maximum absolute atomic E-state index is 13.5. The van der Waals surface area contributed by atoms with Crippen molar-refractivity contribution in [3.8, 4) is 11.5 Å². The van der Waals surface area contributed by atoms with Crippen molar-refractivity contribution >= 4 is 29.7 Å². The predicted octanol–water partition coefficient (Wildman–Crippen LogP) is 2.80. The van der Waals surface area contributed by atoms with Gasteiger partial charge in [-0.05, 0) is 35.9 Å². The molecule has 0 aliphatic rings. The Kier molecular flexibility index (Phi) is 7.69. The molecule has 6 nitrogen and oxygen atoms in total. The molecule has 0 aliphatic carbocycles. The van der Waals surface area contributed by atoms with Crippen molar-refractivity contribution in [3.63, 3.8) is 0 Å². The van der Waals surface area contributed by atoms with Gasteiger partial charge in [-0.1, -0.05) is 12.1 Å². The number of ether oxygens (including phenoxy) is 2. The fourth-order valence-electron chi connectivity index (χ4n) is 2.01. The summed E-state index contributed by atoms with van der Waals surface area (Å²) < 4.78 is 23.8. The van der Waals surface area contributed by atoms with Gasteiger partial charge in [0.25, 0.3) is 5.91 Å². The molecule has 0 saturated carbocycles. The highest BCUT2D eigenvalue weighted by Gasteiger charge is 2.07. The zero-order chi connectivity index (χ0) is 19.6. The molecule has 0 bridgehead atoms. The van der Waals surface area contributed by atoms with E-state index >= 15 is 0 Å². The number of hydrogen-bond acceptors (Lipinski definition) is 5. The third-order valence-electron chi connectivity index (χ3n) is 3.32. The Labute approximate surface area is 160 Å². The van der Waals surface area contributed by atoms with E-state index in [1.807, 2.05) is 0 Å². The summed E-state index contributed by atoms with van der Waals surface area (Å²) in [5.74, 6) is -0.205. The summed E-state index contributed by atoms with van der Waals surface area (Å²) in [7, 11) is 3.06. The monoisotopic (exact) mass is 390 g/mol. The van der Waals surface area contributed by atoms with Crippen LogP contribution in [0.25, 0.3) is 6.08 Å². The van der Waals surface area contributed by atoms with Crippen molar-refractivity contribution in [1.29, 1.82) is 0 Å². The molecule has 2 aromatic rings. The van der Waals surface area contributed by atoms with Crippen molar-refractivity contribution in [1.82, 2.24) is 10.9 Å². The quantitative estimate of drug-likeness (QED) is 0.432. The number of amides is 2. The maximum atomic E-state index is 13.5. The summed E-state index contributed by atoms with van der Waals surface area (Å²) in [6.45, 7) is 0. The minimum absolute atomic E-state index is 0.0298. The second-order valence-corrected chi connectivity index (χ2v) is 6.25. The Morgan fingerprint density at radius 2 is 1.74 bits per heavy atom. The van der Waals surface area contributed by atoms with E-state index in [1.165, 1.54) is 26.4 Å². The van der Waals surface area contributed by atoms with Crippen LogP contribution in [0.1, 0.15) is 5.56 Å². The Hall–Kier alpha value is -3.00. The van der Waals surface area contributed by atoms with Crippen LogP contribution in [0.4, 0.5) is 4.39 Å². The number of methoxy groups -OCH3 is 2. The molecule has 0 saturated heterocycles. The molecule has 27 heavy (non-hydrogen) atoms. The van der Waals surface area contributed by atoms with Crippen LogP contribution < -0.4 is 20.3 Å². The average Bonchev–Trinajstić information content (AvgIpc) is 2.69. The standard InChI is InChI=1S/C19H19FN2O4S/c1-25-14-9-13(10-15(11-14)26-2)7-8-18(23)21-22-19(24)12-27-17-6-4-3-5-16(17)20/h3-11H,12H2,1-2H3,(H,21,23)(H,22,24)/b8-7+. The van der Waals surface area contributed by atoms with Crippen LogP contribution >= 0.6 is 11.8 Å². The highest BCUT2D eigenvalue weighted by atomic mass is 32.2. The first kappa shape index (κ1) is 20.3. The minimum atomic E-state index is -0.513. The smallest absolute Gasteiger partial charge is 0.262 e. The second-order valence-electron chi connectivity index (χ2n) is 5.24. The molecule has 0 spiro atoms. The zero-order valence-corrected chi connectivity index (χ0v) is 15.6. The first-order chi connectivity index (χ1) is 13.0. The molecule has 8 heteroatoms. The van der Waals surface area contributed by atoms with Gasteiger partial charge >= 0.3 is 0 Å². The highest BCUT2D eigenvalue weighted by molar-refractivity contribution is 8.00. The van der Waals surface area contributed by atoms with Crippen LogP contribution in [0.2, 0.25) is 0 Å². The lowest BCUT2D eigenvalue weighted by atomic mass is 10.2. The number of halogens is 1. The summed E-state index contributed by atoms with van der Waals surface area (Å²) in [5.41, 5.74) is 5.23. The Morgan fingerprint density at radius 3 is 2.37 bits per heavy atom. The Morgan fingerprint density at radius 1 is 1.07 bits per heavy atom. The topological polar surface area (TPSA) is 76.7 Å². The number of nitrogens with one attached hydrogen (secondary N) is 2. The maximum Gasteiger partial charge on any atom is 0.262 e. The SMILES string of the molecule is COc1cc(/C=C/C(=O)NNC(=O)CSc2ccccc2F)cc(OC)c1. The van der Waals surface area contributed by atoms with Crippen LogP contribution in [0.3, 0.4) is 0 Å². The molecular formula is C19H19FN2O4S. The van der Waals surface area contributed by atoms with Gasteiger partial charge in [0, 0.05) is 17.0 Å². The molecule has 0 aliphatic heterocycles. The van der Waals surface area contributed by atoms with E-state index < -0.39 is 17.6 Å². The van der Waals surface area contributed by atoms with Crippen molar-refractivity contribution in [3.05, 3.63) is 59.9 Å². The number of carbonyl (C=O) groups is 2. The van der Waals surface area contributed by atoms with Crippen LogP contribution in [-0.2, 0) is 9.59 Å². The Bertz CT molecular complexity index is 820. The van der Waals surface area contributed by atoms with E-state index in [0.717, 1.165) is 11.8 Å². The van der Waals surface area contributed by atoms with Gasteiger partial charge in [0.15, 0.2) is 0 Å². The fraction of sp³-hybridized carbons (Fsp3) is 0.158. The molecule has 142 valence electrons. The number of carbonyl (C=O) groups excluding carboxylic acids is 2. The van der Waals surface area contributed by atoms with Crippen molar-refractivity contribution < 1.29 is 23.5 Å². The van der Waals surface area contributed by atoms with Crippen LogP contribution in [0, 0.1) is 5.82 Å². The summed E-state index contributed by atoms with van der Waals surface area (Å²) in [6.07, 6.45) is 2.82. The number of hydrogen-bond donors (Lipinski definition) is 2. The van der Waals surface area contributed by atoms with E-state index in [2.05, 4.69) is 10.9 Å². The minimum Gasteiger partial charge on any atom is -0.497 e. The third-order valence-corrected chi connectivity index (χ3v) is 4.37. The molecule has 0 heterocycles. The van der Waals surface area contributed by atoms with Crippen LogP contribution in [0.15, 0.2) is 53.4 Å². The molecule has 0 fully saturated rings. The molecule has 0 aromatic heterocycles. The summed E-state index contributed by atoms with van der Waals surface area (Å²) in [6, 6.07) is 11.3. The van der Waals surface area contributed by atoms with E-state index in [4.69, 9.17) is 9.47 Å². The average molecular weight is 390 g/mol. The number of thioether (sulfide) groups is 1. The van der Waals surface area contributed by atoms with Gasteiger partial charge in [-0.3, -0.25) is 20.4 Å². The van der Waals surface area contributed by atoms with Crippen molar-refractivity contribution in [2.75, 3.05) is 20.0 Å². The lowest BCUT2D eigenvalue weighted by Crippen LogP contribution is -2.41. The van der Waals surface area contributed by atoms with Crippen molar-refractivity contribution in [2.45, 2.75) is 4.90 Å². The second kappa shape index (κ2) is 10.2. The molecule has 2 aromatic carbocycles. The van der Waals surface area contributed by atoms with Gasteiger partial charge in [-0.2, -0.15) is 0 Å². The molecule has 0 atom stereocenters. The fourth-order valence-corrected chi connectivity index (χ4v) is 2.75. The normalized spacial score (nSPS) is 10.5. The van der Waals surface area contributed by atoms with Gasteiger partial charge in [0.2, 0.25) is 5.91 Å². The largest absolute Gasteiger partial charge is 0.497 e. The van der Waals surface area contributed by atoms with Crippen molar-refractivity contribution in [2.24, 2.45) is 0 Å². The van der Waals surface area contributed by atoms with Gasteiger partial charge in [0.1, 0.15) is 17.3 Å². The molecule has 2 N–H and O–H groups in total. The lowest BCUT2D eigenvalue weighted by Gasteiger charge is -2.07. The van der Waals surface area contributed by atoms with Crippen LogP contribution in [0.5, 0.6) is 11.5 Å². The molecular weight excluding hydrogens is 371 g/mol. The predicted molar refractivity (Wildman–Crippen MR) is 102 cm³/mol. The number of benzene rings is 2. The van der Waals surface area contributed by atoms with E-state index in [0.29, 0.717) is 22.0 Å². The highest BCUT2D eigenvalue weighted by Crippen LogP contribution is 2.23. The molecule has 0 unspecified atom stereocenters.